The number of thiazole rings is 2. The molecular weight excluding hydrogens is 569 g/mol. The second kappa shape index (κ2) is 16.8. The Labute approximate surface area is 256 Å². The Kier molecular flexibility index (Phi) is 12.5. The molecule has 0 N–H and O–H groups in total. The minimum absolute atomic E-state index is 0.569. The average Bonchev–Trinajstić information content (AvgIpc) is 3.69. The molecule has 222 valence electrons. The van der Waals surface area contributed by atoms with Gasteiger partial charge >= 0.3 is 10.3 Å². The van der Waals surface area contributed by atoms with Gasteiger partial charge in [0.25, 0.3) is 0 Å². The highest BCUT2D eigenvalue weighted by Gasteiger charge is 2.11. The molecule has 0 fully saturated rings. The molecular formula is C30H40N8O2S2+2. The average molecular weight is 609 g/mol. The van der Waals surface area contributed by atoms with Crippen molar-refractivity contribution in [2.45, 2.75) is 26.9 Å². The normalized spacial score (nSPS) is 11.6. The third-order valence-corrected chi connectivity index (χ3v) is 8.17. The van der Waals surface area contributed by atoms with Gasteiger partial charge in [-0.25, -0.2) is 9.13 Å². The largest absolute Gasteiger partial charge is 0.408 e. The zero-order chi connectivity index (χ0) is 29.6. The van der Waals surface area contributed by atoms with E-state index in [2.05, 4.69) is 91.6 Å². The van der Waals surface area contributed by atoms with Crippen LogP contribution in [0.15, 0.2) is 92.1 Å². The van der Waals surface area contributed by atoms with E-state index in [1.54, 1.807) is 22.7 Å². The summed E-state index contributed by atoms with van der Waals surface area (Å²) in [6.45, 7) is 9.93. The molecule has 4 rings (SSSR count). The lowest BCUT2D eigenvalue weighted by Gasteiger charge is -2.20. The zero-order valence-electron chi connectivity index (χ0n) is 24.8. The summed E-state index contributed by atoms with van der Waals surface area (Å²) in [5.74, 6) is 0. The van der Waals surface area contributed by atoms with Gasteiger partial charge < -0.3 is 19.3 Å². The summed E-state index contributed by atoms with van der Waals surface area (Å²) in [5.41, 5.74) is 3.89. The number of hydrogen-bond acceptors (Lipinski definition) is 10. The van der Waals surface area contributed by atoms with Gasteiger partial charge in [0.15, 0.2) is 0 Å². The van der Waals surface area contributed by atoms with Crippen LogP contribution in [0.5, 0.6) is 0 Å². The van der Waals surface area contributed by atoms with Crippen molar-refractivity contribution in [2.24, 2.45) is 20.5 Å². The van der Waals surface area contributed by atoms with E-state index < -0.39 is 0 Å². The van der Waals surface area contributed by atoms with E-state index in [1.165, 1.54) is 0 Å². The summed E-state index contributed by atoms with van der Waals surface area (Å²) in [5, 5.41) is 23.3. The van der Waals surface area contributed by atoms with Crippen molar-refractivity contribution < 1.29 is 18.6 Å². The predicted octanol–water partition coefficient (Wildman–Crippen LogP) is 6.86. The molecule has 4 aromatic rings. The van der Waals surface area contributed by atoms with Crippen molar-refractivity contribution in [1.82, 2.24) is 0 Å². The quantitative estimate of drug-likeness (QED) is 0.0745. The number of ether oxygens (including phenoxy) is 2. The molecule has 0 amide bonds. The van der Waals surface area contributed by atoms with Gasteiger partial charge in [-0.3, -0.25) is 0 Å². The lowest BCUT2D eigenvalue weighted by molar-refractivity contribution is -0.677. The first-order valence-electron chi connectivity index (χ1n) is 14.1. The number of nitrogens with zero attached hydrogens (tertiary/aromatic N) is 8. The van der Waals surface area contributed by atoms with E-state index in [-0.39, 0.29) is 0 Å². The van der Waals surface area contributed by atoms with E-state index in [9.17, 15) is 0 Å². The van der Waals surface area contributed by atoms with Crippen LogP contribution < -0.4 is 18.9 Å². The monoisotopic (exact) mass is 608 g/mol. The molecule has 0 saturated carbocycles. The molecule has 0 saturated heterocycles. The first kappa shape index (κ1) is 31.4. The van der Waals surface area contributed by atoms with Crippen LogP contribution in [-0.2, 0) is 22.6 Å². The molecule has 10 nitrogen and oxygen atoms in total. The molecule has 42 heavy (non-hydrogen) atoms. The Bertz CT molecular complexity index is 1300. The lowest BCUT2D eigenvalue weighted by Crippen LogP contribution is -2.28. The van der Waals surface area contributed by atoms with Crippen LogP contribution in [0.3, 0.4) is 0 Å². The predicted molar refractivity (Wildman–Crippen MR) is 170 cm³/mol. The summed E-state index contributed by atoms with van der Waals surface area (Å²) in [4.78, 5) is 4.33. The molecule has 0 spiro atoms. The van der Waals surface area contributed by atoms with Crippen LogP contribution >= 0.6 is 22.7 Å². The molecule has 0 bridgehead atoms. The molecule has 2 aromatic heterocycles. The molecule has 0 unspecified atom stereocenters. The molecule has 2 heterocycles. The van der Waals surface area contributed by atoms with Gasteiger partial charge in [0.2, 0.25) is 0 Å². The van der Waals surface area contributed by atoms with Crippen LogP contribution in [-0.4, -0.2) is 53.6 Å². The Hall–Kier alpha value is -3.58. The Morgan fingerprint density at radius 3 is 1.38 bits per heavy atom. The van der Waals surface area contributed by atoms with Crippen molar-refractivity contribution in [2.75, 3.05) is 63.4 Å². The summed E-state index contributed by atoms with van der Waals surface area (Å²) < 4.78 is 15.7. The number of likely N-dealkylation sites (N-methyl/N-ethyl adjacent to an activating group) is 2. The van der Waals surface area contributed by atoms with Crippen LogP contribution in [0.2, 0.25) is 0 Å². The Balaban J connectivity index is 1.07. The summed E-state index contributed by atoms with van der Waals surface area (Å²) in [6, 6.07) is 16.2. The second-order valence-corrected chi connectivity index (χ2v) is 11.2. The van der Waals surface area contributed by atoms with E-state index in [0.717, 1.165) is 59.2 Å². The summed E-state index contributed by atoms with van der Waals surface area (Å²) in [7, 11) is 4.12. The van der Waals surface area contributed by atoms with Crippen LogP contribution in [0.4, 0.5) is 33.0 Å². The topological polar surface area (TPSA) is 82.1 Å². The van der Waals surface area contributed by atoms with E-state index in [1.807, 2.05) is 47.4 Å². The highest BCUT2D eigenvalue weighted by atomic mass is 32.1. The number of azo groups is 2. The smallest absolute Gasteiger partial charge is 0.377 e. The Morgan fingerprint density at radius 2 is 1.00 bits per heavy atom. The number of aromatic nitrogens is 2. The van der Waals surface area contributed by atoms with Crippen LogP contribution in [0, 0.1) is 0 Å². The van der Waals surface area contributed by atoms with Gasteiger partial charge in [0, 0.05) is 49.3 Å². The summed E-state index contributed by atoms with van der Waals surface area (Å²) in [6.07, 6.45) is 4.04. The maximum Gasteiger partial charge on any atom is 0.408 e. The fraction of sp³-hybridized carbons (Fsp3) is 0.400. The first-order valence-corrected chi connectivity index (χ1v) is 15.9. The number of anilines is 2. The Morgan fingerprint density at radius 1 is 0.595 bits per heavy atom. The van der Waals surface area contributed by atoms with Crippen molar-refractivity contribution in [3.63, 3.8) is 0 Å². The molecule has 0 radical (unpaired) electrons. The maximum atomic E-state index is 5.79. The van der Waals surface area contributed by atoms with Crippen molar-refractivity contribution >= 4 is 55.7 Å². The molecule has 0 aliphatic carbocycles. The van der Waals surface area contributed by atoms with Crippen LogP contribution in [0.25, 0.3) is 0 Å². The minimum Gasteiger partial charge on any atom is -0.377 e. The zero-order valence-corrected chi connectivity index (χ0v) is 26.4. The fourth-order valence-corrected chi connectivity index (χ4v) is 5.45. The van der Waals surface area contributed by atoms with Crippen molar-refractivity contribution in [3.8, 4) is 0 Å². The fourth-order valence-electron chi connectivity index (χ4n) is 3.97. The summed E-state index contributed by atoms with van der Waals surface area (Å²) >= 11 is 3.17. The number of rotatable bonds is 17. The van der Waals surface area contributed by atoms with E-state index in [4.69, 9.17) is 9.47 Å². The first-order chi connectivity index (χ1) is 20.6. The number of hydrogen-bond donors (Lipinski definition) is 0. The van der Waals surface area contributed by atoms with Crippen LogP contribution in [0.1, 0.15) is 13.8 Å². The highest BCUT2D eigenvalue weighted by Crippen LogP contribution is 2.23. The van der Waals surface area contributed by atoms with Gasteiger partial charge in [-0.1, -0.05) is 0 Å². The minimum atomic E-state index is 0.569. The number of benzene rings is 2. The van der Waals surface area contributed by atoms with Gasteiger partial charge in [-0.2, -0.15) is 0 Å². The third kappa shape index (κ3) is 9.48. The van der Waals surface area contributed by atoms with Gasteiger partial charge in [0.1, 0.15) is 23.8 Å². The molecule has 2 aromatic carbocycles. The van der Waals surface area contributed by atoms with E-state index in [0.29, 0.717) is 26.4 Å². The van der Waals surface area contributed by atoms with Crippen molar-refractivity contribution in [1.29, 1.82) is 0 Å². The maximum absolute atomic E-state index is 5.79. The van der Waals surface area contributed by atoms with Gasteiger partial charge in [-0.15, -0.1) is 0 Å². The molecule has 12 heteroatoms. The number of aryl methyl sites for hydroxylation is 2. The van der Waals surface area contributed by atoms with Gasteiger partial charge in [-0.05, 0) is 95.3 Å². The highest BCUT2D eigenvalue weighted by molar-refractivity contribution is 7.13. The lowest BCUT2D eigenvalue weighted by atomic mass is 10.2. The standard InChI is InChI=1S/C30H40N8O2S2/c1-5-37-17-23-41-29(37)33-31-25-7-11-27(12-8-25)35(3)15-19-39-21-22-40-20-16-36(4)28-13-9-26(10-14-28)32-34-30-38(6-2)18-24-42-30/h7-14,17-18,23-24H,5-6,15-16,19-22H2,1-4H3/q+2. The second-order valence-electron chi connectivity index (χ2n) is 9.44. The molecule has 0 aliphatic rings. The SMILES string of the molecule is CC[n+]1ccsc1N=Nc1ccc(N(C)CCOCCOCCN(C)c2ccc(N=Nc3scc[n+]3CC)cc2)cc1. The molecule has 0 aliphatic heterocycles. The van der Waals surface area contributed by atoms with Crippen molar-refractivity contribution in [3.05, 3.63) is 71.7 Å². The van der Waals surface area contributed by atoms with Gasteiger partial charge in [0.05, 0.1) is 49.7 Å². The third-order valence-electron chi connectivity index (χ3n) is 6.60. The van der Waals surface area contributed by atoms with E-state index >= 15 is 0 Å². The molecule has 0 atom stereocenters.